The molecule has 0 unspecified atom stereocenters. The van der Waals surface area contributed by atoms with E-state index in [2.05, 4.69) is 0 Å². The zero-order valence-corrected chi connectivity index (χ0v) is 10.1. The second-order valence-corrected chi connectivity index (χ2v) is 3.34. The molecule has 5 heteroatoms. The Balaban J connectivity index is 2.76. The van der Waals surface area contributed by atoms with Gasteiger partial charge in [0.15, 0.2) is 13.6 Å². The first-order chi connectivity index (χ1) is 8.31. The lowest BCUT2D eigenvalue weighted by Gasteiger charge is -2.12. The second-order valence-electron chi connectivity index (χ2n) is 3.34. The standard InChI is InChI=1S/C12H18O5/c1-14-8-16-11-4-3-10(5-6-13)12(7-11)17-9-15-2/h3-4,7,13H,5-6,8-9H2,1-2H3. The third-order valence-electron chi connectivity index (χ3n) is 2.10. The van der Waals surface area contributed by atoms with E-state index in [1.807, 2.05) is 12.1 Å². The fourth-order valence-electron chi connectivity index (χ4n) is 1.34. The van der Waals surface area contributed by atoms with E-state index in [0.717, 1.165) is 5.56 Å². The monoisotopic (exact) mass is 242 g/mol. The molecule has 0 spiro atoms. The van der Waals surface area contributed by atoms with Gasteiger partial charge in [-0.2, -0.15) is 0 Å². The summed E-state index contributed by atoms with van der Waals surface area (Å²) in [5.41, 5.74) is 0.911. The molecule has 0 aliphatic heterocycles. The van der Waals surface area contributed by atoms with Crippen LogP contribution in [0.25, 0.3) is 0 Å². The minimum atomic E-state index is 0.0710. The summed E-state index contributed by atoms with van der Waals surface area (Å²) in [6, 6.07) is 5.42. The van der Waals surface area contributed by atoms with Crippen LogP contribution in [0.2, 0.25) is 0 Å². The molecular formula is C12H18O5. The van der Waals surface area contributed by atoms with E-state index in [1.54, 1.807) is 20.3 Å². The topological polar surface area (TPSA) is 57.2 Å². The Labute approximate surface area is 101 Å². The van der Waals surface area contributed by atoms with Crippen LogP contribution in [0, 0.1) is 0 Å². The smallest absolute Gasteiger partial charge is 0.188 e. The fourth-order valence-corrected chi connectivity index (χ4v) is 1.34. The molecule has 0 amide bonds. The minimum Gasteiger partial charge on any atom is -0.467 e. The summed E-state index contributed by atoms with van der Waals surface area (Å²) in [5, 5.41) is 8.94. The zero-order chi connectivity index (χ0) is 12.5. The van der Waals surface area contributed by atoms with Crippen LogP contribution in [-0.4, -0.2) is 39.5 Å². The first-order valence-electron chi connectivity index (χ1n) is 5.29. The Hall–Kier alpha value is -1.30. The lowest BCUT2D eigenvalue weighted by atomic mass is 10.1. The molecule has 1 aromatic rings. The molecule has 1 aromatic carbocycles. The van der Waals surface area contributed by atoms with E-state index in [0.29, 0.717) is 17.9 Å². The van der Waals surface area contributed by atoms with Crippen LogP contribution in [-0.2, 0) is 15.9 Å². The van der Waals surface area contributed by atoms with E-state index in [9.17, 15) is 0 Å². The molecule has 0 saturated carbocycles. The molecule has 1 N–H and O–H groups in total. The predicted molar refractivity (Wildman–Crippen MR) is 62.2 cm³/mol. The van der Waals surface area contributed by atoms with Crippen LogP contribution in [0.1, 0.15) is 5.56 Å². The highest BCUT2D eigenvalue weighted by atomic mass is 16.7. The number of hydrogen-bond acceptors (Lipinski definition) is 5. The van der Waals surface area contributed by atoms with E-state index in [-0.39, 0.29) is 20.2 Å². The van der Waals surface area contributed by atoms with E-state index in [1.165, 1.54) is 0 Å². The van der Waals surface area contributed by atoms with Gasteiger partial charge in [-0.1, -0.05) is 6.07 Å². The first kappa shape index (κ1) is 13.8. The van der Waals surface area contributed by atoms with Gasteiger partial charge in [0.05, 0.1) is 0 Å². The molecule has 0 fully saturated rings. The number of methoxy groups -OCH3 is 2. The van der Waals surface area contributed by atoms with Gasteiger partial charge in [-0.3, -0.25) is 0 Å². The average Bonchev–Trinajstić information content (AvgIpc) is 2.36. The van der Waals surface area contributed by atoms with Gasteiger partial charge < -0.3 is 24.1 Å². The van der Waals surface area contributed by atoms with E-state index >= 15 is 0 Å². The van der Waals surface area contributed by atoms with Crippen LogP contribution in [0.15, 0.2) is 18.2 Å². The number of aliphatic hydroxyl groups excluding tert-OH is 1. The lowest BCUT2D eigenvalue weighted by molar-refractivity contribution is 0.0455. The van der Waals surface area contributed by atoms with Crippen LogP contribution < -0.4 is 9.47 Å². The van der Waals surface area contributed by atoms with Gasteiger partial charge in [0.1, 0.15) is 11.5 Å². The number of aliphatic hydroxyl groups is 1. The SMILES string of the molecule is COCOc1ccc(CCO)c(OCOC)c1. The Morgan fingerprint density at radius 3 is 2.41 bits per heavy atom. The molecular weight excluding hydrogens is 224 g/mol. The molecule has 1 rings (SSSR count). The number of hydrogen-bond donors (Lipinski definition) is 1. The molecule has 5 nitrogen and oxygen atoms in total. The highest BCUT2D eigenvalue weighted by Gasteiger charge is 2.06. The van der Waals surface area contributed by atoms with Gasteiger partial charge >= 0.3 is 0 Å². The van der Waals surface area contributed by atoms with Gasteiger partial charge in [0, 0.05) is 26.9 Å². The largest absolute Gasteiger partial charge is 0.467 e. The zero-order valence-electron chi connectivity index (χ0n) is 10.1. The summed E-state index contributed by atoms with van der Waals surface area (Å²) in [6.45, 7) is 0.414. The molecule has 0 aliphatic carbocycles. The summed E-state index contributed by atoms with van der Waals surface area (Å²) in [5.74, 6) is 1.30. The van der Waals surface area contributed by atoms with Crippen LogP contribution in [0.4, 0.5) is 0 Å². The highest BCUT2D eigenvalue weighted by molar-refractivity contribution is 5.40. The quantitative estimate of drug-likeness (QED) is 0.694. The lowest BCUT2D eigenvalue weighted by Crippen LogP contribution is -2.04. The van der Waals surface area contributed by atoms with Crippen molar-refractivity contribution < 1.29 is 24.1 Å². The third-order valence-corrected chi connectivity index (χ3v) is 2.10. The molecule has 0 saturated heterocycles. The highest BCUT2D eigenvalue weighted by Crippen LogP contribution is 2.25. The summed E-state index contributed by atoms with van der Waals surface area (Å²) >= 11 is 0. The normalized spacial score (nSPS) is 10.3. The molecule has 0 radical (unpaired) electrons. The Bertz CT molecular complexity index is 327. The number of ether oxygens (including phenoxy) is 4. The predicted octanol–water partition coefficient (Wildman–Crippen LogP) is 1.19. The maximum absolute atomic E-state index is 8.94. The molecule has 0 atom stereocenters. The summed E-state index contributed by atoms with van der Waals surface area (Å²) in [6.07, 6.45) is 0.531. The van der Waals surface area contributed by atoms with Crippen molar-refractivity contribution in [2.75, 3.05) is 34.4 Å². The maximum atomic E-state index is 8.94. The van der Waals surface area contributed by atoms with Crippen molar-refractivity contribution in [1.29, 1.82) is 0 Å². The van der Waals surface area contributed by atoms with Gasteiger partial charge in [-0.15, -0.1) is 0 Å². The van der Waals surface area contributed by atoms with Crippen molar-refractivity contribution in [3.63, 3.8) is 0 Å². The van der Waals surface area contributed by atoms with Crippen molar-refractivity contribution in [1.82, 2.24) is 0 Å². The van der Waals surface area contributed by atoms with Crippen molar-refractivity contribution in [2.45, 2.75) is 6.42 Å². The van der Waals surface area contributed by atoms with Crippen LogP contribution in [0.3, 0.4) is 0 Å². The van der Waals surface area contributed by atoms with Gasteiger partial charge in [-0.25, -0.2) is 0 Å². The second kappa shape index (κ2) is 7.89. The van der Waals surface area contributed by atoms with E-state index < -0.39 is 0 Å². The molecule has 17 heavy (non-hydrogen) atoms. The van der Waals surface area contributed by atoms with Crippen molar-refractivity contribution in [2.24, 2.45) is 0 Å². The summed E-state index contributed by atoms with van der Waals surface area (Å²) in [7, 11) is 3.11. The summed E-state index contributed by atoms with van der Waals surface area (Å²) < 4.78 is 20.4. The van der Waals surface area contributed by atoms with Crippen LogP contribution >= 0.6 is 0 Å². The molecule has 0 aromatic heterocycles. The van der Waals surface area contributed by atoms with Gasteiger partial charge in [-0.05, 0) is 18.1 Å². The van der Waals surface area contributed by atoms with E-state index in [4.69, 9.17) is 24.1 Å². The first-order valence-corrected chi connectivity index (χ1v) is 5.29. The molecule has 0 heterocycles. The van der Waals surface area contributed by atoms with Gasteiger partial charge in [0.2, 0.25) is 0 Å². The van der Waals surface area contributed by atoms with Crippen LogP contribution in [0.5, 0.6) is 11.5 Å². The summed E-state index contributed by atoms with van der Waals surface area (Å²) in [4.78, 5) is 0. The third kappa shape index (κ3) is 4.60. The Morgan fingerprint density at radius 1 is 1.06 bits per heavy atom. The molecule has 96 valence electrons. The average molecular weight is 242 g/mol. The van der Waals surface area contributed by atoms with Crippen molar-refractivity contribution in [3.8, 4) is 11.5 Å². The number of benzene rings is 1. The minimum absolute atomic E-state index is 0.0710. The fraction of sp³-hybridized carbons (Fsp3) is 0.500. The molecule has 0 aliphatic rings. The number of rotatable bonds is 8. The molecule has 0 bridgehead atoms. The maximum Gasteiger partial charge on any atom is 0.188 e. The van der Waals surface area contributed by atoms with Crippen molar-refractivity contribution >= 4 is 0 Å². The van der Waals surface area contributed by atoms with Crippen molar-refractivity contribution in [3.05, 3.63) is 23.8 Å². The Morgan fingerprint density at radius 2 is 1.76 bits per heavy atom. The Kier molecular flexibility index (Phi) is 6.39. The van der Waals surface area contributed by atoms with Gasteiger partial charge in [0.25, 0.3) is 0 Å².